The maximum Gasteiger partial charge on any atom is 0.433 e. The summed E-state index contributed by atoms with van der Waals surface area (Å²) in [7, 11) is 0. The lowest BCUT2D eigenvalue weighted by molar-refractivity contribution is -0.141. The number of phenolic OH excluding ortho intramolecular Hbond substituents is 1. The maximum absolute atomic E-state index is 12.7. The summed E-state index contributed by atoms with van der Waals surface area (Å²) >= 11 is 0. The maximum atomic E-state index is 12.7. The molecule has 8 heteroatoms. The summed E-state index contributed by atoms with van der Waals surface area (Å²) in [6.45, 7) is 5.72. The number of hydrogen-bond acceptors (Lipinski definition) is 4. The van der Waals surface area contributed by atoms with E-state index < -0.39 is 11.9 Å². The van der Waals surface area contributed by atoms with Gasteiger partial charge in [0.15, 0.2) is 0 Å². The highest BCUT2D eigenvalue weighted by atomic mass is 19.4. The van der Waals surface area contributed by atoms with Crippen molar-refractivity contribution in [3.63, 3.8) is 0 Å². The summed E-state index contributed by atoms with van der Waals surface area (Å²) < 4.78 is 38.0. The number of benzene rings is 1. The lowest BCUT2D eigenvalue weighted by atomic mass is 9.92. The second-order valence-electron chi connectivity index (χ2n) is 7.59. The summed E-state index contributed by atoms with van der Waals surface area (Å²) in [5, 5.41) is 22.4. The number of rotatable bonds is 4. The zero-order valence-corrected chi connectivity index (χ0v) is 15.7. The molecule has 2 aromatic rings. The lowest BCUT2D eigenvalue weighted by Gasteiger charge is -2.18. The molecule has 0 saturated heterocycles. The van der Waals surface area contributed by atoms with Gasteiger partial charge in [0, 0.05) is 35.9 Å². The molecule has 0 fully saturated rings. The van der Waals surface area contributed by atoms with E-state index in [0.29, 0.717) is 0 Å². The average Bonchev–Trinajstić information content (AvgIpc) is 2.58. The van der Waals surface area contributed by atoms with Gasteiger partial charge in [-0.2, -0.15) is 18.4 Å². The van der Waals surface area contributed by atoms with Crippen LogP contribution in [0.2, 0.25) is 0 Å². The van der Waals surface area contributed by atoms with Crippen LogP contribution in [0, 0.1) is 16.7 Å². The Balaban J connectivity index is 2.33. The molecule has 0 radical (unpaired) electrons. The van der Waals surface area contributed by atoms with E-state index in [0.717, 1.165) is 12.3 Å². The Morgan fingerprint density at radius 1 is 1.25 bits per heavy atom. The molecular weight excluding hydrogens is 371 g/mol. The van der Waals surface area contributed by atoms with E-state index in [4.69, 9.17) is 0 Å². The van der Waals surface area contributed by atoms with E-state index in [-0.39, 0.29) is 52.3 Å². The minimum Gasteiger partial charge on any atom is -0.507 e. The van der Waals surface area contributed by atoms with Gasteiger partial charge in [-0.05, 0) is 23.6 Å². The molecule has 1 heterocycles. The molecule has 0 unspecified atom stereocenters. The van der Waals surface area contributed by atoms with E-state index in [1.54, 1.807) is 0 Å². The quantitative estimate of drug-likeness (QED) is 0.809. The zero-order valence-electron chi connectivity index (χ0n) is 15.7. The average molecular weight is 391 g/mol. The predicted molar refractivity (Wildman–Crippen MR) is 97.0 cm³/mol. The van der Waals surface area contributed by atoms with Crippen LogP contribution in [0.15, 0.2) is 30.5 Å². The van der Waals surface area contributed by atoms with Gasteiger partial charge in [0.2, 0.25) is 5.91 Å². The van der Waals surface area contributed by atoms with Crippen LogP contribution in [0.5, 0.6) is 5.75 Å². The molecule has 0 aliphatic rings. The molecule has 0 aliphatic carbocycles. The molecule has 0 aliphatic heterocycles. The van der Waals surface area contributed by atoms with Crippen LogP contribution < -0.4 is 5.32 Å². The van der Waals surface area contributed by atoms with Gasteiger partial charge in [0.25, 0.3) is 0 Å². The van der Waals surface area contributed by atoms with Gasteiger partial charge < -0.3 is 10.4 Å². The number of aromatic hydroxyl groups is 1. The van der Waals surface area contributed by atoms with Crippen molar-refractivity contribution in [2.45, 2.75) is 39.9 Å². The molecular formula is C20H20F3N3O2. The van der Waals surface area contributed by atoms with Gasteiger partial charge >= 0.3 is 6.18 Å². The van der Waals surface area contributed by atoms with Gasteiger partial charge in [-0.3, -0.25) is 9.78 Å². The van der Waals surface area contributed by atoms with Crippen molar-refractivity contribution in [2.24, 2.45) is 5.41 Å². The molecule has 1 aromatic carbocycles. The smallest absolute Gasteiger partial charge is 0.433 e. The van der Waals surface area contributed by atoms with Crippen molar-refractivity contribution in [3.8, 4) is 22.9 Å². The number of nitrogens with zero attached hydrogens (tertiary/aromatic N) is 2. The van der Waals surface area contributed by atoms with E-state index in [1.807, 2.05) is 26.8 Å². The third kappa shape index (κ3) is 5.46. The van der Waals surface area contributed by atoms with Crippen molar-refractivity contribution < 1.29 is 23.1 Å². The second-order valence-corrected chi connectivity index (χ2v) is 7.59. The fourth-order valence-corrected chi connectivity index (χ4v) is 2.57. The number of halogens is 3. The first-order valence-corrected chi connectivity index (χ1v) is 8.47. The fourth-order valence-electron chi connectivity index (χ4n) is 2.57. The van der Waals surface area contributed by atoms with Gasteiger partial charge in [0.1, 0.15) is 11.4 Å². The SMILES string of the molecule is CC(C)(C)CC(=O)NCc1cc(C#N)cc(-c2ccc(C(F)(F)F)nc2)c1O. The Morgan fingerprint density at radius 2 is 1.93 bits per heavy atom. The highest BCUT2D eigenvalue weighted by molar-refractivity contribution is 5.77. The van der Waals surface area contributed by atoms with Gasteiger partial charge in [-0.1, -0.05) is 26.8 Å². The van der Waals surface area contributed by atoms with E-state index in [1.165, 1.54) is 18.2 Å². The summed E-state index contributed by atoms with van der Waals surface area (Å²) in [4.78, 5) is 15.4. The molecule has 1 aromatic heterocycles. The monoisotopic (exact) mass is 391 g/mol. The normalized spacial score (nSPS) is 11.8. The van der Waals surface area contributed by atoms with E-state index in [9.17, 15) is 28.3 Å². The van der Waals surface area contributed by atoms with Crippen molar-refractivity contribution in [3.05, 3.63) is 47.3 Å². The van der Waals surface area contributed by atoms with E-state index in [2.05, 4.69) is 10.3 Å². The minimum atomic E-state index is -4.57. The molecule has 0 atom stereocenters. The Hall–Kier alpha value is -3.08. The van der Waals surface area contributed by atoms with Crippen LogP contribution >= 0.6 is 0 Å². The first-order valence-electron chi connectivity index (χ1n) is 8.47. The fraction of sp³-hybridized carbons (Fsp3) is 0.350. The van der Waals surface area contributed by atoms with Crippen LogP contribution in [0.3, 0.4) is 0 Å². The molecule has 148 valence electrons. The molecule has 2 rings (SSSR count). The van der Waals surface area contributed by atoms with Gasteiger partial charge in [-0.25, -0.2) is 0 Å². The van der Waals surface area contributed by atoms with E-state index >= 15 is 0 Å². The summed E-state index contributed by atoms with van der Waals surface area (Å²) in [5.74, 6) is -0.441. The van der Waals surface area contributed by atoms with Crippen LogP contribution in [-0.4, -0.2) is 16.0 Å². The lowest BCUT2D eigenvalue weighted by Crippen LogP contribution is -2.27. The molecule has 28 heavy (non-hydrogen) atoms. The van der Waals surface area contributed by atoms with Crippen molar-refractivity contribution in [1.82, 2.24) is 10.3 Å². The van der Waals surface area contributed by atoms with Gasteiger partial charge in [-0.15, -0.1) is 0 Å². The molecule has 0 saturated carbocycles. The summed E-state index contributed by atoms with van der Waals surface area (Å²) in [6.07, 6.45) is -3.31. The zero-order chi connectivity index (χ0) is 21.1. The molecule has 0 spiro atoms. The number of aromatic nitrogens is 1. The third-order valence-electron chi connectivity index (χ3n) is 3.85. The highest BCUT2D eigenvalue weighted by Gasteiger charge is 2.32. The highest BCUT2D eigenvalue weighted by Crippen LogP contribution is 2.35. The largest absolute Gasteiger partial charge is 0.507 e. The number of amides is 1. The van der Waals surface area contributed by atoms with Gasteiger partial charge in [0.05, 0.1) is 11.6 Å². The summed E-state index contributed by atoms with van der Waals surface area (Å²) in [6, 6.07) is 6.71. The van der Waals surface area contributed by atoms with Crippen molar-refractivity contribution >= 4 is 5.91 Å². The standard InChI is InChI=1S/C20H20F3N3O2/c1-19(2,3)8-17(27)26-11-14-6-12(9-24)7-15(18(14)28)13-4-5-16(25-10-13)20(21,22)23/h4-7,10,28H,8,11H2,1-3H3,(H,26,27). The predicted octanol–water partition coefficient (Wildman–Crippen LogP) is 4.40. The molecule has 5 nitrogen and oxygen atoms in total. The number of carbonyl (C=O) groups is 1. The Morgan fingerprint density at radius 3 is 2.43 bits per heavy atom. The molecule has 1 amide bonds. The number of nitriles is 1. The Bertz CT molecular complexity index is 909. The number of pyridine rings is 1. The van der Waals surface area contributed by atoms with Crippen molar-refractivity contribution in [1.29, 1.82) is 5.26 Å². The number of nitrogens with one attached hydrogen (secondary N) is 1. The number of alkyl halides is 3. The van der Waals surface area contributed by atoms with Crippen molar-refractivity contribution in [2.75, 3.05) is 0 Å². The topological polar surface area (TPSA) is 86.0 Å². The second kappa shape index (κ2) is 7.89. The number of hydrogen-bond donors (Lipinski definition) is 2. The Kier molecular flexibility index (Phi) is 5.98. The Labute approximate surface area is 160 Å². The summed E-state index contributed by atoms with van der Waals surface area (Å²) in [5.41, 5.74) is -0.381. The minimum absolute atomic E-state index is 0.0165. The first-order chi connectivity index (χ1) is 12.9. The first kappa shape index (κ1) is 21.2. The molecule has 2 N–H and O–H groups in total. The third-order valence-corrected chi connectivity index (χ3v) is 3.85. The van der Waals surface area contributed by atoms with Crippen LogP contribution in [-0.2, 0) is 17.5 Å². The number of phenols is 1. The van der Waals surface area contributed by atoms with Crippen LogP contribution in [0.25, 0.3) is 11.1 Å². The number of carbonyl (C=O) groups excluding carboxylic acids is 1. The van der Waals surface area contributed by atoms with Crippen LogP contribution in [0.1, 0.15) is 44.0 Å². The van der Waals surface area contributed by atoms with Crippen LogP contribution in [0.4, 0.5) is 13.2 Å². The molecule has 0 bridgehead atoms.